The molecule has 1 aromatic rings. The normalized spacial score (nSPS) is 12.6. The summed E-state index contributed by atoms with van der Waals surface area (Å²) in [5.41, 5.74) is -1.58. The van der Waals surface area contributed by atoms with Gasteiger partial charge in [-0.25, -0.2) is 0 Å². The summed E-state index contributed by atoms with van der Waals surface area (Å²) >= 11 is 1.56. The van der Waals surface area contributed by atoms with E-state index in [-0.39, 0.29) is 5.91 Å². The number of nitrogens with one attached hydrogen (secondary N) is 1. The zero-order valence-corrected chi connectivity index (χ0v) is 11.0. The summed E-state index contributed by atoms with van der Waals surface area (Å²) in [5, 5.41) is 14.7. The monoisotopic (exact) mass is 241 g/mol. The lowest BCUT2D eigenvalue weighted by Gasteiger charge is -2.38. The van der Waals surface area contributed by atoms with Gasteiger partial charge < -0.3 is 10.4 Å². The first-order valence-corrected chi connectivity index (χ1v) is 6.16. The highest BCUT2D eigenvalue weighted by atomic mass is 32.1. The molecule has 2 N–H and O–H groups in total. The molecule has 4 heteroatoms. The van der Waals surface area contributed by atoms with Crippen LogP contribution in [-0.4, -0.2) is 22.2 Å². The van der Waals surface area contributed by atoms with E-state index in [1.165, 1.54) is 0 Å². The fourth-order valence-electron chi connectivity index (χ4n) is 1.12. The Morgan fingerprint density at radius 1 is 1.44 bits per heavy atom. The van der Waals surface area contributed by atoms with Crippen molar-refractivity contribution in [3.05, 3.63) is 22.4 Å². The van der Waals surface area contributed by atoms with Crippen LogP contribution >= 0.6 is 11.3 Å². The van der Waals surface area contributed by atoms with Crippen LogP contribution < -0.4 is 5.32 Å². The first-order chi connectivity index (χ1) is 7.22. The van der Waals surface area contributed by atoms with E-state index in [0.29, 0.717) is 6.42 Å². The highest BCUT2D eigenvalue weighted by Crippen LogP contribution is 2.20. The smallest absolute Gasteiger partial charge is 0.225 e. The molecule has 0 aromatic carbocycles. The maximum atomic E-state index is 11.8. The molecule has 1 rings (SSSR count). The second kappa shape index (κ2) is 4.55. The van der Waals surface area contributed by atoms with Gasteiger partial charge in [0.2, 0.25) is 5.91 Å². The largest absolute Gasteiger partial charge is 0.388 e. The van der Waals surface area contributed by atoms with Crippen molar-refractivity contribution in [2.45, 2.75) is 45.3 Å². The quantitative estimate of drug-likeness (QED) is 0.846. The number of carbonyl (C=O) groups excluding carboxylic acids is 1. The van der Waals surface area contributed by atoms with Crippen molar-refractivity contribution in [2.24, 2.45) is 0 Å². The van der Waals surface area contributed by atoms with Gasteiger partial charge in [0.1, 0.15) is 0 Å². The van der Waals surface area contributed by atoms with Crippen LogP contribution in [0.5, 0.6) is 0 Å². The predicted molar refractivity (Wildman–Crippen MR) is 66.5 cm³/mol. The number of hydrogen-bond donors (Lipinski definition) is 2. The molecule has 0 fully saturated rings. The molecular formula is C12H19NO2S. The molecule has 0 aliphatic carbocycles. The van der Waals surface area contributed by atoms with Gasteiger partial charge in [0, 0.05) is 4.88 Å². The second-order valence-electron chi connectivity index (χ2n) is 4.99. The second-order valence-corrected chi connectivity index (χ2v) is 6.02. The van der Waals surface area contributed by atoms with Gasteiger partial charge in [0.05, 0.1) is 17.6 Å². The Kier molecular flexibility index (Phi) is 3.76. The number of hydrogen-bond acceptors (Lipinski definition) is 3. The van der Waals surface area contributed by atoms with Crippen LogP contribution in [0.2, 0.25) is 0 Å². The molecule has 1 aromatic heterocycles. The first kappa shape index (κ1) is 13.2. The Bertz CT molecular complexity index is 350. The summed E-state index contributed by atoms with van der Waals surface area (Å²) in [6, 6.07) is 3.86. The van der Waals surface area contributed by atoms with Crippen LogP contribution in [0.4, 0.5) is 0 Å². The fourth-order valence-corrected chi connectivity index (χ4v) is 1.82. The highest BCUT2D eigenvalue weighted by molar-refractivity contribution is 7.10. The van der Waals surface area contributed by atoms with Gasteiger partial charge in [-0.2, -0.15) is 0 Å². The molecule has 1 amide bonds. The molecule has 0 aliphatic rings. The van der Waals surface area contributed by atoms with Crippen molar-refractivity contribution >= 4 is 17.2 Å². The maximum absolute atomic E-state index is 11.8. The zero-order valence-electron chi connectivity index (χ0n) is 10.2. The molecule has 0 saturated heterocycles. The maximum Gasteiger partial charge on any atom is 0.225 e. The van der Waals surface area contributed by atoms with Crippen LogP contribution in [0, 0.1) is 0 Å². The van der Waals surface area contributed by atoms with Crippen molar-refractivity contribution in [1.29, 1.82) is 0 Å². The van der Waals surface area contributed by atoms with Crippen LogP contribution in [-0.2, 0) is 11.2 Å². The topological polar surface area (TPSA) is 49.3 Å². The molecule has 0 radical (unpaired) electrons. The summed E-state index contributed by atoms with van der Waals surface area (Å²) in [7, 11) is 0. The van der Waals surface area contributed by atoms with Crippen molar-refractivity contribution in [3.63, 3.8) is 0 Å². The summed E-state index contributed by atoms with van der Waals surface area (Å²) < 4.78 is 0. The van der Waals surface area contributed by atoms with Crippen LogP contribution in [0.1, 0.15) is 32.6 Å². The summed E-state index contributed by atoms with van der Waals surface area (Å²) in [6.07, 6.45) is 0.372. The van der Waals surface area contributed by atoms with E-state index in [4.69, 9.17) is 0 Å². The molecule has 1 heterocycles. The third-order valence-corrected chi connectivity index (χ3v) is 3.77. The molecular weight excluding hydrogens is 222 g/mol. The van der Waals surface area contributed by atoms with E-state index in [1.54, 1.807) is 25.2 Å². The average Bonchev–Trinajstić information content (AvgIpc) is 2.52. The Morgan fingerprint density at radius 3 is 2.50 bits per heavy atom. The predicted octanol–water partition coefficient (Wildman–Crippen LogP) is 1.96. The summed E-state index contributed by atoms with van der Waals surface area (Å²) in [4.78, 5) is 12.8. The van der Waals surface area contributed by atoms with Crippen molar-refractivity contribution < 1.29 is 9.90 Å². The summed E-state index contributed by atoms with van der Waals surface area (Å²) in [5.74, 6) is -0.0606. The number of amides is 1. The molecule has 16 heavy (non-hydrogen) atoms. The van der Waals surface area contributed by atoms with Crippen LogP contribution in [0.15, 0.2) is 17.5 Å². The average molecular weight is 241 g/mol. The Morgan fingerprint density at radius 2 is 2.06 bits per heavy atom. The van der Waals surface area contributed by atoms with E-state index in [9.17, 15) is 9.90 Å². The lowest BCUT2D eigenvalue weighted by Crippen LogP contribution is -2.58. The van der Waals surface area contributed by atoms with Crippen molar-refractivity contribution in [3.8, 4) is 0 Å². The Labute approximate surface area is 100 Å². The molecule has 0 aliphatic heterocycles. The minimum Gasteiger partial charge on any atom is -0.388 e. The molecule has 0 atom stereocenters. The third-order valence-electron chi connectivity index (χ3n) is 2.90. The van der Waals surface area contributed by atoms with Crippen LogP contribution in [0.3, 0.4) is 0 Å². The van der Waals surface area contributed by atoms with Crippen molar-refractivity contribution in [2.75, 3.05) is 0 Å². The van der Waals surface area contributed by atoms with Gasteiger partial charge in [0.25, 0.3) is 0 Å². The van der Waals surface area contributed by atoms with Gasteiger partial charge >= 0.3 is 0 Å². The molecule has 0 unspecified atom stereocenters. The van der Waals surface area contributed by atoms with Gasteiger partial charge in [0.15, 0.2) is 0 Å². The summed E-state index contributed by atoms with van der Waals surface area (Å²) in [6.45, 7) is 7.02. The standard InChI is InChI=1S/C12H19NO2S/c1-11(2,12(3,4)15)13-10(14)8-9-6-5-7-16-9/h5-7,15H,8H2,1-4H3,(H,13,14). The Balaban J connectivity index is 2.58. The molecule has 0 bridgehead atoms. The Hall–Kier alpha value is -0.870. The molecule has 3 nitrogen and oxygen atoms in total. The van der Waals surface area contributed by atoms with E-state index in [0.717, 1.165) is 4.88 Å². The van der Waals surface area contributed by atoms with Gasteiger partial charge in [-0.15, -0.1) is 11.3 Å². The van der Waals surface area contributed by atoms with E-state index < -0.39 is 11.1 Å². The highest BCUT2D eigenvalue weighted by Gasteiger charge is 2.36. The number of carbonyl (C=O) groups is 1. The van der Waals surface area contributed by atoms with Crippen LogP contribution in [0.25, 0.3) is 0 Å². The number of thiophene rings is 1. The lowest BCUT2D eigenvalue weighted by molar-refractivity contribution is -0.125. The first-order valence-electron chi connectivity index (χ1n) is 5.28. The van der Waals surface area contributed by atoms with Gasteiger partial charge in [-0.3, -0.25) is 4.79 Å². The zero-order chi connectivity index (χ0) is 12.4. The fraction of sp³-hybridized carbons (Fsp3) is 0.583. The van der Waals surface area contributed by atoms with E-state index >= 15 is 0 Å². The van der Waals surface area contributed by atoms with Gasteiger partial charge in [-0.05, 0) is 39.1 Å². The number of rotatable bonds is 4. The van der Waals surface area contributed by atoms with Gasteiger partial charge in [-0.1, -0.05) is 6.07 Å². The number of aliphatic hydroxyl groups is 1. The minimum absolute atomic E-state index is 0.0606. The SMILES string of the molecule is CC(C)(O)C(C)(C)NC(=O)Cc1cccs1. The van der Waals surface area contributed by atoms with E-state index in [1.807, 2.05) is 31.4 Å². The minimum atomic E-state index is -0.946. The molecule has 0 spiro atoms. The van der Waals surface area contributed by atoms with E-state index in [2.05, 4.69) is 5.32 Å². The lowest BCUT2D eigenvalue weighted by atomic mass is 9.86. The molecule has 0 saturated carbocycles. The third kappa shape index (κ3) is 3.32. The van der Waals surface area contributed by atoms with Crippen molar-refractivity contribution in [1.82, 2.24) is 5.32 Å². The molecule has 90 valence electrons.